The molecule has 0 saturated carbocycles. The number of aliphatic hydroxyl groups excluding tert-OH is 1. The van der Waals surface area contributed by atoms with E-state index in [9.17, 15) is 43.2 Å². The number of ether oxygens (including phenoxy) is 4. The molecule has 6 atom stereocenters. The number of hydrogen-bond acceptors (Lipinski definition) is 15. The number of esters is 4. The number of aliphatic hydroxyl groups is 1. The fourth-order valence-corrected chi connectivity index (χ4v) is 12.8. The van der Waals surface area contributed by atoms with Crippen molar-refractivity contribution in [3.8, 4) is 0 Å². The van der Waals surface area contributed by atoms with Gasteiger partial charge in [0, 0.05) is 25.7 Å². The van der Waals surface area contributed by atoms with Gasteiger partial charge in [0.25, 0.3) is 0 Å². The second kappa shape index (κ2) is 67.1. The average molecular weight is 1410 g/mol. The molecule has 3 unspecified atom stereocenters. The maximum Gasteiger partial charge on any atom is 0.472 e. The molecular weight excluding hydrogens is 1260 g/mol. The van der Waals surface area contributed by atoms with Gasteiger partial charge in [-0.2, -0.15) is 0 Å². The molecule has 17 nitrogen and oxygen atoms in total. The lowest BCUT2D eigenvalue weighted by Gasteiger charge is -2.21. The summed E-state index contributed by atoms with van der Waals surface area (Å²) in [6, 6.07) is 0. The number of unbranched alkanes of at least 4 members (excludes halogenated alkanes) is 37. The molecule has 0 spiro atoms. The van der Waals surface area contributed by atoms with Crippen LogP contribution in [-0.2, 0) is 65.4 Å². The minimum Gasteiger partial charge on any atom is -0.462 e. The van der Waals surface area contributed by atoms with Crippen LogP contribution in [0.2, 0.25) is 0 Å². The predicted octanol–water partition coefficient (Wildman–Crippen LogP) is 22.1. The van der Waals surface area contributed by atoms with Crippen LogP contribution in [0.5, 0.6) is 0 Å². The largest absolute Gasteiger partial charge is 0.472 e. The van der Waals surface area contributed by atoms with Crippen LogP contribution in [0.25, 0.3) is 0 Å². The summed E-state index contributed by atoms with van der Waals surface area (Å²) in [5.74, 6) is 0.0909. The molecule has 0 radical (unpaired) electrons. The third-order valence-corrected chi connectivity index (χ3v) is 19.5. The number of carbonyl (C=O) groups is 4. The molecule has 0 aromatic heterocycles. The van der Waals surface area contributed by atoms with E-state index in [2.05, 4.69) is 72.8 Å². The van der Waals surface area contributed by atoms with Crippen LogP contribution in [0, 0.1) is 17.8 Å². The molecule has 96 heavy (non-hydrogen) atoms. The van der Waals surface area contributed by atoms with Gasteiger partial charge in [0.05, 0.1) is 26.4 Å². The number of phosphoric ester groups is 2. The molecule has 0 rings (SSSR count). The molecule has 0 fully saturated rings. The molecule has 0 aromatic rings. The first-order valence-corrected chi connectivity index (χ1v) is 42.2. The first-order valence-electron chi connectivity index (χ1n) is 39.2. The van der Waals surface area contributed by atoms with E-state index in [-0.39, 0.29) is 25.7 Å². The molecule has 0 aliphatic carbocycles. The first-order chi connectivity index (χ1) is 46.3. The van der Waals surface area contributed by atoms with Crippen molar-refractivity contribution in [2.75, 3.05) is 39.6 Å². The van der Waals surface area contributed by atoms with Gasteiger partial charge in [-0.25, -0.2) is 9.13 Å². The number of phosphoric acid groups is 2. The Morgan fingerprint density at radius 1 is 0.344 bits per heavy atom. The van der Waals surface area contributed by atoms with Crippen molar-refractivity contribution >= 4 is 39.5 Å². The van der Waals surface area contributed by atoms with E-state index in [1.54, 1.807) is 0 Å². The van der Waals surface area contributed by atoms with Crippen LogP contribution in [0.4, 0.5) is 0 Å². The van der Waals surface area contributed by atoms with Gasteiger partial charge in [-0.05, 0) is 69.1 Å². The highest BCUT2D eigenvalue weighted by atomic mass is 31.2. The predicted molar refractivity (Wildman–Crippen MR) is 390 cm³/mol. The fourth-order valence-electron chi connectivity index (χ4n) is 11.2. The number of hydrogen-bond donors (Lipinski definition) is 3. The lowest BCUT2D eigenvalue weighted by Crippen LogP contribution is -2.30. The van der Waals surface area contributed by atoms with Crippen LogP contribution < -0.4 is 0 Å². The Bertz CT molecular complexity index is 1970. The number of allylic oxidation sites excluding steroid dienone is 4. The summed E-state index contributed by atoms with van der Waals surface area (Å²) in [7, 11) is -9.92. The van der Waals surface area contributed by atoms with Gasteiger partial charge in [0.1, 0.15) is 19.3 Å². The molecule has 0 aromatic carbocycles. The van der Waals surface area contributed by atoms with Gasteiger partial charge in [-0.15, -0.1) is 0 Å². The van der Waals surface area contributed by atoms with E-state index in [1.807, 2.05) is 0 Å². The normalized spacial score (nSPS) is 14.5. The summed E-state index contributed by atoms with van der Waals surface area (Å²) in [4.78, 5) is 72.7. The van der Waals surface area contributed by atoms with E-state index >= 15 is 0 Å². The molecule has 0 amide bonds. The van der Waals surface area contributed by atoms with Crippen molar-refractivity contribution < 1.29 is 80.2 Å². The van der Waals surface area contributed by atoms with Crippen LogP contribution in [0.3, 0.4) is 0 Å². The molecule has 0 saturated heterocycles. The van der Waals surface area contributed by atoms with Crippen molar-refractivity contribution in [3.63, 3.8) is 0 Å². The summed E-state index contributed by atoms with van der Waals surface area (Å²) in [6.45, 7) is 11.8. The maximum absolute atomic E-state index is 13.1. The highest BCUT2D eigenvalue weighted by Crippen LogP contribution is 2.45. The molecular formula is C77H146O17P2. The van der Waals surface area contributed by atoms with Crippen LogP contribution in [-0.4, -0.2) is 96.7 Å². The minimum atomic E-state index is -4.96. The van der Waals surface area contributed by atoms with Gasteiger partial charge in [0.2, 0.25) is 0 Å². The van der Waals surface area contributed by atoms with E-state index in [1.165, 1.54) is 161 Å². The van der Waals surface area contributed by atoms with Crippen molar-refractivity contribution in [2.24, 2.45) is 17.8 Å². The number of carbonyl (C=O) groups excluding carboxylic acids is 4. The molecule has 19 heteroatoms. The zero-order chi connectivity index (χ0) is 70.9. The monoisotopic (exact) mass is 1410 g/mol. The molecule has 0 aliphatic rings. The quantitative estimate of drug-likeness (QED) is 0.0169. The lowest BCUT2D eigenvalue weighted by atomic mass is 10.00. The van der Waals surface area contributed by atoms with Crippen molar-refractivity contribution in [3.05, 3.63) is 24.3 Å². The maximum atomic E-state index is 13.1. The van der Waals surface area contributed by atoms with E-state index < -0.39 is 97.5 Å². The highest BCUT2D eigenvalue weighted by molar-refractivity contribution is 7.47. The van der Waals surface area contributed by atoms with E-state index in [0.717, 1.165) is 121 Å². The fraction of sp³-hybridized carbons (Fsp3) is 0.896. The first kappa shape index (κ1) is 93.5. The molecule has 0 bridgehead atoms. The summed E-state index contributed by atoms with van der Waals surface area (Å²) in [5, 5.41) is 10.6. The van der Waals surface area contributed by atoms with Gasteiger partial charge >= 0.3 is 39.5 Å². The Hall–Kier alpha value is -2.46. The zero-order valence-electron chi connectivity index (χ0n) is 62.3. The molecule has 566 valence electrons. The van der Waals surface area contributed by atoms with Crippen molar-refractivity contribution in [1.29, 1.82) is 0 Å². The number of rotatable bonds is 73. The zero-order valence-corrected chi connectivity index (χ0v) is 64.1. The van der Waals surface area contributed by atoms with Crippen LogP contribution in [0.1, 0.15) is 370 Å². The van der Waals surface area contributed by atoms with E-state index in [0.29, 0.717) is 31.6 Å². The average Bonchev–Trinajstić information content (AvgIpc) is 1.19. The lowest BCUT2D eigenvalue weighted by molar-refractivity contribution is -0.161. The Kier molecular flexibility index (Phi) is 65.3. The van der Waals surface area contributed by atoms with E-state index in [4.69, 9.17) is 37.0 Å². The Morgan fingerprint density at radius 2 is 0.615 bits per heavy atom. The SMILES string of the molecule is CCCCCC/C=C\C=C/CCCCCCCC(=O)O[C@H](COC(=O)CCCCCCCCC(C)CC)COP(=O)(O)OC[C@H](O)COP(=O)(O)OC[C@@H](COC(=O)CCCCCCCCCCCCCCCCCCCCC(C)C)OC(=O)CCCCCCCCCC(C)C. The topological polar surface area (TPSA) is 237 Å². The van der Waals surface area contributed by atoms with Gasteiger partial charge in [-0.1, -0.05) is 317 Å². The third-order valence-electron chi connectivity index (χ3n) is 17.6. The van der Waals surface area contributed by atoms with Crippen molar-refractivity contribution in [2.45, 2.75) is 388 Å². The third kappa shape index (κ3) is 68.7. The van der Waals surface area contributed by atoms with Crippen LogP contribution >= 0.6 is 15.6 Å². The molecule has 3 N–H and O–H groups in total. The smallest absolute Gasteiger partial charge is 0.462 e. The Morgan fingerprint density at radius 3 is 0.927 bits per heavy atom. The van der Waals surface area contributed by atoms with Gasteiger partial charge in [0.15, 0.2) is 12.2 Å². The summed E-state index contributed by atoms with van der Waals surface area (Å²) in [6.07, 6.45) is 56.6. The highest BCUT2D eigenvalue weighted by Gasteiger charge is 2.30. The van der Waals surface area contributed by atoms with Crippen molar-refractivity contribution in [1.82, 2.24) is 0 Å². The Balaban J connectivity index is 5.18. The molecule has 0 aliphatic heterocycles. The molecule has 0 heterocycles. The van der Waals surface area contributed by atoms with Crippen LogP contribution in [0.15, 0.2) is 24.3 Å². The minimum absolute atomic E-state index is 0.0838. The second-order valence-corrected chi connectivity index (χ2v) is 31.2. The van der Waals surface area contributed by atoms with Gasteiger partial charge in [-0.3, -0.25) is 37.3 Å². The van der Waals surface area contributed by atoms with Gasteiger partial charge < -0.3 is 33.8 Å². The second-order valence-electron chi connectivity index (χ2n) is 28.3. The summed E-state index contributed by atoms with van der Waals surface area (Å²) < 4.78 is 68.4. The Labute approximate surface area is 586 Å². The standard InChI is InChI=1S/C77H146O17P2/c1-8-10-11-12-13-14-15-16-21-26-29-32-37-46-53-60-76(81)93-73(65-88-75(80)59-52-45-40-39-43-50-57-70(7)9-2)67-92-96(85,86)90-63-71(78)62-89-95(83,84)91-66-72(94-77(82)61-54-47-38-33-35-42-49-56-69(5)6)64-87-74(79)58-51-44-36-31-28-25-23-20-18-17-19-22-24-27-30-34-41-48-55-68(3)4/h14-16,21,68-73,78H,8-13,17-20,22-67H2,1-7H3,(H,83,84)(H,85,86)/b15-14-,21-16-/t70?,71-,72-,73-/m1/s1. The summed E-state index contributed by atoms with van der Waals surface area (Å²) in [5.41, 5.74) is 0. The summed E-state index contributed by atoms with van der Waals surface area (Å²) >= 11 is 0.